The van der Waals surface area contributed by atoms with Crippen LogP contribution < -0.4 is 10.6 Å². The molecule has 3 rings (SSSR count). The Labute approximate surface area is 153 Å². The lowest BCUT2D eigenvalue weighted by molar-refractivity contribution is -0.141. The summed E-state index contributed by atoms with van der Waals surface area (Å²) in [7, 11) is 0. The van der Waals surface area contributed by atoms with Crippen LogP contribution in [0.2, 0.25) is 0 Å². The lowest BCUT2D eigenvalue weighted by Gasteiger charge is -2.30. The molecule has 3 N–H and O–H groups in total. The zero-order valence-electron chi connectivity index (χ0n) is 14.4. The Bertz CT molecular complexity index is 696. The number of carbonyl (C=O) groups excluding carboxylic acids is 1. The molecule has 0 amide bonds. The SMILES string of the molecule is CC1=C(C(=O)OCC2CCCCC2)C(c2cccc(O)c2)NC(=S)N1. The van der Waals surface area contributed by atoms with E-state index in [9.17, 15) is 9.90 Å². The zero-order chi connectivity index (χ0) is 17.8. The smallest absolute Gasteiger partial charge is 0.338 e. The van der Waals surface area contributed by atoms with Crippen LogP contribution in [0.5, 0.6) is 5.75 Å². The van der Waals surface area contributed by atoms with Crippen molar-refractivity contribution in [2.24, 2.45) is 5.92 Å². The highest BCUT2D eigenvalue weighted by atomic mass is 32.1. The summed E-state index contributed by atoms with van der Waals surface area (Å²) in [6.45, 7) is 2.28. The van der Waals surface area contributed by atoms with E-state index in [1.807, 2.05) is 13.0 Å². The van der Waals surface area contributed by atoms with Crippen molar-refractivity contribution in [1.82, 2.24) is 10.6 Å². The van der Waals surface area contributed by atoms with Crippen LogP contribution in [0, 0.1) is 5.92 Å². The van der Waals surface area contributed by atoms with Crippen molar-refractivity contribution in [3.8, 4) is 5.75 Å². The molecule has 0 saturated heterocycles. The van der Waals surface area contributed by atoms with Gasteiger partial charge in [-0.1, -0.05) is 31.4 Å². The largest absolute Gasteiger partial charge is 0.508 e. The second kappa shape index (κ2) is 7.87. The predicted molar refractivity (Wildman–Crippen MR) is 100.0 cm³/mol. The number of phenolic OH excluding ortho intramolecular Hbond substituents is 1. The summed E-state index contributed by atoms with van der Waals surface area (Å²) in [5, 5.41) is 16.3. The lowest BCUT2D eigenvalue weighted by atomic mass is 9.90. The van der Waals surface area contributed by atoms with Crippen molar-refractivity contribution in [2.75, 3.05) is 6.61 Å². The number of phenols is 1. The number of nitrogens with one attached hydrogen (secondary N) is 2. The topological polar surface area (TPSA) is 70.6 Å². The van der Waals surface area contributed by atoms with Gasteiger partial charge in [0.05, 0.1) is 18.2 Å². The van der Waals surface area contributed by atoms with Crippen molar-refractivity contribution in [3.63, 3.8) is 0 Å². The highest BCUT2D eigenvalue weighted by Gasteiger charge is 2.31. The summed E-state index contributed by atoms with van der Waals surface area (Å²) in [6.07, 6.45) is 5.96. The zero-order valence-corrected chi connectivity index (χ0v) is 15.2. The van der Waals surface area contributed by atoms with E-state index in [-0.39, 0.29) is 11.7 Å². The van der Waals surface area contributed by atoms with Gasteiger partial charge in [-0.25, -0.2) is 4.79 Å². The fourth-order valence-corrected chi connectivity index (χ4v) is 3.81. The number of thiocarbonyl (C=S) groups is 1. The maximum absolute atomic E-state index is 12.8. The monoisotopic (exact) mass is 360 g/mol. The Balaban J connectivity index is 1.78. The highest BCUT2D eigenvalue weighted by Crippen LogP contribution is 2.30. The van der Waals surface area contributed by atoms with E-state index in [1.165, 1.54) is 19.3 Å². The van der Waals surface area contributed by atoms with E-state index in [4.69, 9.17) is 17.0 Å². The summed E-state index contributed by atoms with van der Waals surface area (Å²) >= 11 is 5.23. The number of esters is 1. The summed E-state index contributed by atoms with van der Waals surface area (Å²) in [4.78, 5) is 12.8. The molecule has 0 aromatic heterocycles. The van der Waals surface area contributed by atoms with Gasteiger partial charge in [-0.2, -0.15) is 0 Å². The molecule has 134 valence electrons. The Morgan fingerprint density at radius 2 is 2.08 bits per heavy atom. The molecule has 1 aliphatic heterocycles. The molecular weight excluding hydrogens is 336 g/mol. The van der Waals surface area contributed by atoms with Gasteiger partial charge in [-0.15, -0.1) is 0 Å². The van der Waals surface area contributed by atoms with Gasteiger partial charge in [0.2, 0.25) is 0 Å². The predicted octanol–water partition coefficient (Wildman–Crippen LogP) is 3.31. The third-order valence-electron chi connectivity index (χ3n) is 4.87. The Morgan fingerprint density at radius 1 is 1.32 bits per heavy atom. The van der Waals surface area contributed by atoms with Gasteiger partial charge in [0.15, 0.2) is 5.11 Å². The van der Waals surface area contributed by atoms with Crippen molar-refractivity contribution >= 4 is 23.3 Å². The summed E-state index contributed by atoms with van der Waals surface area (Å²) in [5.74, 6) is 0.277. The molecule has 5 nitrogen and oxygen atoms in total. The first-order valence-electron chi connectivity index (χ1n) is 8.79. The number of allylic oxidation sites excluding steroid dienone is 1. The third kappa shape index (κ3) is 4.31. The number of aromatic hydroxyl groups is 1. The lowest BCUT2D eigenvalue weighted by Crippen LogP contribution is -2.45. The third-order valence-corrected chi connectivity index (χ3v) is 5.09. The van der Waals surface area contributed by atoms with E-state index < -0.39 is 6.04 Å². The maximum atomic E-state index is 12.8. The van der Waals surface area contributed by atoms with Crippen LogP contribution in [0.4, 0.5) is 0 Å². The average molecular weight is 360 g/mol. The molecular formula is C19H24N2O3S. The van der Waals surface area contributed by atoms with Crippen LogP contribution in [0.15, 0.2) is 35.5 Å². The van der Waals surface area contributed by atoms with E-state index in [2.05, 4.69) is 10.6 Å². The van der Waals surface area contributed by atoms with Gasteiger partial charge in [-0.3, -0.25) is 0 Å². The van der Waals surface area contributed by atoms with Gasteiger partial charge in [0.25, 0.3) is 0 Å². The number of hydrogen-bond donors (Lipinski definition) is 3. The Hall–Kier alpha value is -2.08. The van der Waals surface area contributed by atoms with Crippen LogP contribution in [0.1, 0.15) is 50.6 Å². The van der Waals surface area contributed by atoms with Crippen LogP contribution in [-0.4, -0.2) is 22.8 Å². The first-order chi connectivity index (χ1) is 12.0. The molecule has 6 heteroatoms. The second-order valence-electron chi connectivity index (χ2n) is 6.77. The number of carbonyl (C=O) groups is 1. The molecule has 1 heterocycles. The molecule has 2 aliphatic rings. The molecule has 1 unspecified atom stereocenters. The minimum atomic E-state index is -0.431. The van der Waals surface area contributed by atoms with Crippen LogP contribution >= 0.6 is 12.2 Å². The first kappa shape index (κ1) is 17.7. The fraction of sp³-hybridized carbons (Fsp3) is 0.474. The minimum absolute atomic E-state index is 0.149. The average Bonchev–Trinajstić information content (AvgIpc) is 2.60. The number of rotatable bonds is 4. The standard InChI is InChI=1S/C19H24N2O3S/c1-12-16(18(23)24-11-13-6-3-2-4-7-13)17(21-19(25)20-12)14-8-5-9-15(22)10-14/h5,8-10,13,17,22H,2-4,6-7,11H2,1H3,(H2,20,21,25). The molecule has 0 bridgehead atoms. The number of ether oxygens (including phenoxy) is 1. The van der Waals surface area contributed by atoms with E-state index in [1.54, 1.807) is 18.2 Å². The number of hydrogen-bond acceptors (Lipinski definition) is 4. The minimum Gasteiger partial charge on any atom is -0.508 e. The molecule has 1 aromatic rings. The number of benzene rings is 1. The molecule has 1 aromatic carbocycles. The summed E-state index contributed by atoms with van der Waals surface area (Å²) in [6, 6.07) is 6.40. The maximum Gasteiger partial charge on any atom is 0.338 e. The van der Waals surface area contributed by atoms with Gasteiger partial charge in [0, 0.05) is 5.70 Å². The molecule has 0 radical (unpaired) electrons. The Morgan fingerprint density at radius 3 is 2.80 bits per heavy atom. The Kier molecular flexibility index (Phi) is 5.58. The van der Waals surface area contributed by atoms with E-state index in [0.717, 1.165) is 18.4 Å². The molecule has 25 heavy (non-hydrogen) atoms. The van der Waals surface area contributed by atoms with Crippen molar-refractivity contribution < 1.29 is 14.6 Å². The van der Waals surface area contributed by atoms with Crippen molar-refractivity contribution in [1.29, 1.82) is 0 Å². The summed E-state index contributed by atoms with van der Waals surface area (Å²) < 4.78 is 5.63. The van der Waals surface area contributed by atoms with Gasteiger partial charge >= 0.3 is 5.97 Å². The molecule has 1 aliphatic carbocycles. The van der Waals surface area contributed by atoms with Crippen LogP contribution in [0.3, 0.4) is 0 Å². The molecule has 1 atom stereocenters. The quantitative estimate of drug-likeness (QED) is 0.565. The van der Waals surface area contributed by atoms with Crippen LogP contribution in [0.25, 0.3) is 0 Å². The van der Waals surface area contributed by atoms with E-state index >= 15 is 0 Å². The van der Waals surface area contributed by atoms with Crippen LogP contribution in [-0.2, 0) is 9.53 Å². The van der Waals surface area contributed by atoms with Crippen molar-refractivity contribution in [2.45, 2.75) is 45.1 Å². The van der Waals surface area contributed by atoms with Gasteiger partial charge in [-0.05, 0) is 55.6 Å². The summed E-state index contributed by atoms with van der Waals surface area (Å²) in [5.41, 5.74) is 1.97. The van der Waals surface area contributed by atoms with E-state index in [0.29, 0.717) is 28.9 Å². The first-order valence-corrected chi connectivity index (χ1v) is 9.20. The van der Waals surface area contributed by atoms with Crippen molar-refractivity contribution in [3.05, 3.63) is 41.1 Å². The molecule has 1 saturated carbocycles. The fourth-order valence-electron chi connectivity index (χ4n) is 3.54. The molecule has 1 fully saturated rings. The van der Waals surface area contributed by atoms with Gasteiger partial charge < -0.3 is 20.5 Å². The second-order valence-corrected chi connectivity index (χ2v) is 7.18. The highest BCUT2D eigenvalue weighted by molar-refractivity contribution is 7.80. The van der Waals surface area contributed by atoms with Gasteiger partial charge in [0.1, 0.15) is 5.75 Å². The normalized spacial score (nSPS) is 21.5. The molecule has 0 spiro atoms.